The average Bonchev–Trinajstić information content (AvgIpc) is 3.11. The van der Waals surface area contributed by atoms with Gasteiger partial charge in [-0.15, -0.1) is 0 Å². The van der Waals surface area contributed by atoms with Crippen LogP contribution in [0.2, 0.25) is 5.02 Å². The summed E-state index contributed by atoms with van der Waals surface area (Å²) in [5.41, 5.74) is 1.75. The van der Waals surface area contributed by atoms with E-state index in [-0.39, 0.29) is 10.9 Å². The molecule has 0 spiro atoms. The van der Waals surface area contributed by atoms with E-state index in [1.807, 2.05) is 0 Å². The summed E-state index contributed by atoms with van der Waals surface area (Å²) in [5, 5.41) is 9.44. The highest BCUT2D eigenvalue weighted by molar-refractivity contribution is 6.31. The molecule has 0 saturated carbocycles. The number of halogens is 2. The molecule has 7 heteroatoms. The molecule has 3 aromatic rings. The standard InChI is InChI=1S/C15H11ClFN3O2/c1-8-13(14(20-19-8)12-3-2-6-22-12)15(21)18-9-4-5-11(17)10(16)7-9/h2-7H,1H3,(H,18,21)(H,19,20). The summed E-state index contributed by atoms with van der Waals surface area (Å²) >= 11 is 5.71. The van der Waals surface area contributed by atoms with E-state index in [0.717, 1.165) is 0 Å². The Morgan fingerprint density at radius 3 is 2.91 bits per heavy atom. The lowest BCUT2D eigenvalue weighted by Crippen LogP contribution is -2.13. The van der Waals surface area contributed by atoms with Crippen LogP contribution in [0.5, 0.6) is 0 Å². The van der Waals surface area contributed by atoms with Crippen molar-refractivity contribution in [1.82, 2.24) is 10.2 Å². The monoisotopic (exact) mass is 319 g/mol. The molecule has 0 radical (unpaired) electrons. The molecular weight excluding hydrogens is 309 g/mol. The summed E-state index contributed by atoms with van der Waals surface area (Å²) in [6.45, 7) is 1.73. The summed E-state index contributed by atoms with van der Waals surface area (Å²) in [4.78, 5) is 12.5. The van der Waals surface area contributed by atoms with Crippen molar-refractivity contribution in [2.24, 2.45) is 0 Å². The molecule has 3 rings (SSSR count). The Morgan fingerprint density at radius 2 is 2.23 bits per heavy atom. The van der Waals surface area contributed by atoms with Crippen LogP contribution in [0.25, 0.3) is 11.5 Å². The Hall–Kier alpha value is -2.60. The number of hydrogen-bond acceptors (Lipinski definition) is 3. The predicted octanol–water partition coefficient (Wildman–Crippen LogP) is 4.02. The molecule has 0 saturated heterocycles. The number of aryl methyl sites for hydroxylation is 1. The number of hydrogen-bond donors (Lipinski definition) is 2. The third-order valence-electron chi connectivity index (χ3n) is 3.11. The minimum Gasteiger partial charge on any atom is -0.463 e. The minimum atomic E-state index is -0.546. The number of anilines is 1. The molecule has 2 N–H and O–H groups in total. The van der Waals surface area contributed by atoms with Crippen LogP contribution >= 0.6 is 11.6 Å². The van der Waals surface area contributed by atoms with Gasteiger partial charge in [0.2, 0.25) is 0 Å². The maximum absolute atomic E-state index is 13.2. The van der Waals surface area contributed by atoms with Gasteiger partial charge in [0.1, 0.15) is 11.5 Å². The number of aromatic nitrogens is 2. The third kappa shape index (κ3) is 2.60. The Balaban J connectivity index is 1.92. The Bertz CT molecular complexity index is 827. The molecule has 1 aromatic carbocycles. The Morgan fingerprint density at radius 1 is 1.41 bits per heavy atom. The number of carbonyl (C=O) groups excluding carboxylic acids is 1. The summed E-state index contributed by atoms with van der Waals surface area (Å²) in [6, 6.07) is 7.38. The van der Waals surface area contributed by atoms with Crippen molar-refractivity contribution in [3.63, 3.8) is 0 Å². The molecular formula is C15H11ClFN3O2. The molecule has 22 heavy (non-hydrogen) atoms. The van der Waals surface area contributed by atoms with E-state index in [1.54, 1.807) is 19.1 Å². The summed E-state index contributed by atoms with van der Waals surface area (Å²) in [7, 11) is 0. The largest absolute Gasteiger partial charge is 0.463 e. The van der Waals surface area contributed by atoms with Crippen molar-refractivity contribution in [3.8, 4) is 11.5 Å². The van der Waals surface area contributed by atoms with E-state index >= 15 is 0 Å². The third-order valence-corrected chi connectivity index (χ3v) is 3.40. The van der Waals surface area contributed by atoms with Crippen LogP contribution < -0.4 is 5.32 Å². The highest BCUT2D eigenvalue weighted by Gasteiger charge is 2.21. The lowest BCUT2D eigenvalue weighted by Gasteiger charge is -2.06. The summed E-state index contributed by atoms with van der Waals surface area (Å²) in [5.74, 6) is -0.456. The van der Waals surface area contributed by atoms with Gasteiger partial charge in [-0.2, -0.15) is 5.10 Å². The number of nitrogens with zero attached hydrogens (tertiary/aromatic N) is 1. The molecule has 0 aliphatic carbocycles. The number of rotatable bonds is 3. The van der Waals surface area contributed by atoms with Gasteiger partial charge in [-0.3, -0.25) is 9.89 Å². The van der Waals surface area contributed by atoms with E-state index in [0.29, 0.717) is 28.4 Å². The number of H-pyrrole nitrogens is 1. The molecule has 0 aliphatic rings. The van der Waals surface area contributed by atoms with Crippen molar-refractivity contribution in [1.29, 1.82) is 0 Å². The smallest absolute Gasteiger partial charge is 0.259 e. The molecule has 112 valence electrons. The zero-order valence-electron chi connectivity index (χ0n) is 11.5. The van der Waals surface area contributed by atoms with E-state index in [2.05, 4.69) is 15.5 Å². The number of amides is 1. The van der Waals surface area contributed by atoms with Crippen LogP contribution in [0, 0.1) is 12.7 Å². The second kappa shape index (κ2) is 5.65. The first-order valence-corrected chi connectivity index (χ1v) is 6.79. The van der Waals surface area contributed by atoms with Crippen molar-refractivity contribution in [2.45, 2.75) is 6.92 Å². The Labute approximate surface area is 130 Å². The van der Waals surface area contributed by atoms with E-state index in [1.165, 1.54) is 24.5 Å². The molecule has 1 amide bonds. The number of carbonyl (C=O) groups is 1. The first-order valence-electron chi connectivity index (χ1n) is 6.41. The van der Waals surface area contributed by atoms with Crippen molar-refractivity contribution >= 4 is 23.2 Å². The number of benzene rings is 1. The highest BCUT2D eigenvalue weighted by Crippen LogP contribution is 2.26. The first kappa shape index (κ1) is 14.3. The van der Waals surface area contributed by atoms with Crippen LogP contribution in [0.4, 0.5) is 10.1 Å². The molecule has 0 atom stereocenters. The molecule has 2 aromatic heterocycles. The fraction of sp³-hybridized carbons (Fsp3) is 0.0667. The van der Waals surface area contributed by atoms with Crippen LogP contribution in [0.1, 0.15) is 16.1 Å². The van der Waals surface area contributed by atoms with Crippen molar-refractivity contribution in [3.05, 3.63) is 58.7 Å². The van der Waals surface area contributed by atoms with Crippen molar-refractivity contribution < 1.29 is 13.6 Å². The second-order valence-corrected chi connectivity index (χ2v) is 5.04. The zero-order valence-corrected chi connectivity index (χ0v) is 12.2. The average molecular weight is 320 g/mol. The van der Waals surface area contributed by atoms with Gasteiger partial charge >= 0.3 is 0 Å². The number of furan rings is 1. The van der Waals surface area contributed by atoms with Gasteiger partial charge in [0, 0.05) is 11.4 Å². The fourth-order valence-electron chi connectivity index (χ4n) is 2.07. The fourth-order valence-corrected chi connectivity index (χ4v) is 2.25. The van der Waals surface area contributed by atoms with Gasteiger partial charge in [-0.1, -0.05) is 11.6 Å². The maximum atomic E-state index is 13.2. The highest BCUT2D eigenvalue weighted by atomic mass is 35.5. The first-order chi connectivity index (χ1) is 10.6. The predicted molar refractivity (Wildman–Crippen MR) is 80.4 cm³/mol. The molecule has 5 nitrogen and oxygen atoms in total. The lowest BCUT2D eigenvalue weighted by molar-refractivity contribution is 0.102. The molecule has 0 fully saturated rings. The van der Waals surface area contributed by atoms with Gasteiger partial charge in [0.05, 0.1) is 16.8 Å². The molecule has 0 bridgehead atoms. The quantitative estimate of drug-likeness (QED) is 0.766. The van der Waals surface area contributed by atoms with Gasteiger partial charge in [0.25, 0.3) is 5.91 Å². The Kier molecular flexibility index (Phi) is 3.68. The number of aromatic amines is 1. The normalized spacial score (nSPS) is 10.7. The van der Waals surface area contributed by atoms with Crippen LogP contribution in [-0.4, -0.2) is 16.1 Å². The number of nitrogens with one attached hydrogen (secondary N) is 2. The molecule has 0 unspecified atom stereocenters. The van der Waals surface area contributed by atoms with Gasteiger partial charge < -0.3 is 9.73 Å². The second-order valence-electron chi connectivity index (χ2n) is 4.63. The van der Waals surface area contributed by atoms with E-state index < -0.39 is 5.82 Å². The van der Waals surface area contributed by atoms with E-state index in [9.17, 15) is 9.18 Å². The summed E-state index contributed by atoms with van der Waals surface area (Å²) < 4.78 is 18.4. The van der Waals surface area contributed by atoms with Gasteiger partial charge in [-0.25, -0.2) is 4.39 Å². The van der Waals surface area contributed by atoms with Crippen LogP contribution in [0.15, 0.2) is 41.0 Å². The van der Waals surface area contributed by atoms with Crippen LogP contribution in [0.3, 0.4) is 0 Å². The molecule has 2 heterocycles. The van der Waals surface area contributed by atoms with Gasteiger partial charge in [0.15, 0.2) is 5.76 Å². The lowest BCUT2D eigenvalue weighted by atomic mass is 10.1. The minimum absolute atomic E-state index is 0.0621. The molecule has 0 aliphatic heterocycles. The SMILES string of the molecule is Cc1[nH]nc(-c2ccco2)c1C(=O)Nc1ccc(F)c(Cl)c1. The van der Waals surface area contributed by atoms with Gasteiger partial charge in [-0.05, 0) is 37.3 Å². The zero-order chi connectivity index (χ0) is 15.7. The van der Waals surface area contributed by atoms with Crippen molar-refractivity contribution in [2.75, 3.05) is 5.32 Å². The maximum Gasteiger partial charge on any atom is 0.259 e. The van der Waals surface area contributed by atoms with E-state index in [4.69, 9.17) is 16.0 Å². The van der Waals surface area contributed by atoms with Crippen LogP contribution in [-0.2, 0) is 0 Å². The topological polar surface area (TPSA) is 70.9 Å². The summed E-state index contributed by atoms with van der Waals surface area (Å²) in [6.07, 6.45) is 1.50.